The van der Waals surface area contributed by atoms with Crippen LogP contribution in [0.2, 0.25) is 0 Å². The first-order chi connectivity index (χ1) is 11.6. The molecule has 0 saturated carbocycles. The van der Waals surface area contributed by atoms with E-state index in [1.807, 2.05) is 17.2 Å². The monoisotopic (exact) mass is 358 g/mol. The van der Waals surface area contributed by atoms with Crippen LogP contribution >= 0.6 is 0 Å². The van der Waals surface area contributed by atoms with E-state index >= 15 is 0 Å². The molecule has 0 atom stereocenters. The third kappa shape index (κ3) is 5.05. The highest BCUT2D eigenvalue weighted by Gasteiger charge is 2.25. The van der Waals surface area contributed by atoms with Crippen LogP contribution < -0.4 is 17.0 Å². The number of benzene rings is 1. The summed E-state index contributed by atoms with van der Waals surface area (Å²) in [7, 11) is 0. The standard InChI is InChI=1S/C21H27N2O.ClH/c1-17-7-6-12-23(18(17)2)16-21(24)22-13-10-20(11-14-22)15-19-8-4-3-5-9-19;/h3-9,12,20H,10-11,13-16H2,1-2H3;1H/q+1;/p-1. The molecular weight excluding hydrogens is 332 g/mol. The molecule has 1 saturated heterocycles. The summed E-state index contributed by atoms with van der Waals surface area (Å²) in [5.74, 6) is 0.941. The number of nitrogens with zero attached hydrogens (tertiary/aromatic N) is 2. The summed E-state index contributed by atoms with van der Waals surface area (Å²) in [5, 5.41) is 0. The van der Waals surface area contributed by atoms with Crippen molar-refractivity contribution in [2.24, 2.45) is 5.92 Å². The molecule has 134 valence electrons. The molecule has 1 fully saturated rings. The van der Waals surface area contributed by atoms with Gasteiger partial charge in [-0.2, -0.15) is 4.57 Å². The van der Waals surface area contributed by atoms with Gasteiger partial charge >= 0.3 is 0 Å². The third-order valence-corrected chi connectivity index (χ3v) is 5.25. The average Bonchev–Trinajstić information content (AvgIpc) is 2.60. The molecule has 3 rings (SSSR count). The van der Waals surface area contributed by atoms with Gasteiger partial charge in [-0.25, -0.2) is 0 Å². The van der Waals surface area contributed by atoms with Crippen molar-refractivity contribution < 1.29 is 21.8 Å². The second kappa shape index (κ2) is 9.00. The zero-order valence-corrected chi connectivity index (χ0v) is 15.9. The number of piperidine rings is 1. The lowest BCUT2D eigenvalue weighted by atomic mass is 9.90. The smallest absolute Gasteiger partial charge is 0.288 e. The summed E-state index contributed by atoms with van der Waals surface area (Å²) in [6.07, 6.45) is 5.35. The Morgan fingerprint density at radius 2 is 1.76 bits per heavy atom. The summed E-state index contributed by atoms with van der Waals surface area (Å²) in [6.45, 7) is 6.40. The minimum absolute atomic E-state index is 0. The zero-order chi connectivity index (χ0) is 16.9. The fourth-order valence-electron chi connectivity index (χ4n) is 3.50. The molecule has 0 bridgehead atoms. The zero-order valence-electron chi connectivity index (χ0n) is 15.1. The molecule has 0 spiro atoms. The largest absolute Gasteiger partial charge is 1.00 e. The SMILES string of the molecule is Cc1ccc[n+](CC(=O)N2CCC(Cc3ccccc3)CC2)c1C.[Cl-]. The molecule has 1 aromatic heterocycles. The molecule has 0 unspecified atom stereocenters. The van der Waals surface area contributed by atoms with Crippen LogP contribution in [-0.4, -0.2) is 23.9 Å². The van der Waals surface area contributed by atoms with Gasteiger partial charge in [0.05, 0.1) is 0 Å². The van der Waals surface area contributed by atoms with Gasteiger partial charge in [-0.3, -0.25) is 4.79 Å². The summed E-state index contributed by atoms with van der Waals surface area (Å²) in [4.78, 5) is 14.6. The van der Waals surface area contributed by atoms with Gasteiger partial charge in [0.1, 0.15) is 0 Å². The van der Waals surface area contributed by atoms with E-state index in [1.54, 1.807) is 0 Å². The highest BCUT2D eigenvalue weighted by atomic mass is 35.5. The van der Waals surface area contributed by atoms with Crippen molar-refractivity contribution in [1.29, 1.82) is 0 Å². The predicted molar refractivity (Wildman–Crippen MR) is 95.6 cm³/mol. The minimum Gasteiger partial charge on any atom is -1.00 e. The van der Waals surface area contributed by atoms with Gasteiger partial charge in [-0.15, -0.1) is 0 Å². The van der Waals surface area contributed by atoms with Crippen LogP contribution in [0.1, 0.15) is 29.7 Å². The van der Waals surface area contributed by atoms with Gasteiger partial charge in [0.15, 0.2) is 11.9 Å². The number of hydrogen-bond donors (Lipinski definition) is 0. The number of likely N-dealkylation sites (tertiary alicyclic amines) is 1. The Morgan fingerprint density at radius 3 is 2.44 bits per heavy atom. The van der Waals surface area contributed by atoms with E-state index in [4.69, 9.17) is 0 Å². The van der Waals surface area contributed by atoms with Crippen LogP contribution in [0, 0.1) is 19.8 Å². The Hall–Kier alpha value is -1.87. The van der Waals surface area contributed by atoms with E-state index in [1.165, 1.54) is 16.8 Å². The van der Waals surface area contributed by atoms with Crippen molar-refractivity contribution in [3.63, 3.8) is 0 Å². The minimum atomic E-state index is 0. The summed E-state index contributed by atoms with van der Waals surface area (Å²) >= 11 is 0. The van der Waals surface area contributed by atoms with E-state index in [0.29, 0.717) is 12.5 Å². The van der Waals surface area contributed by atoms with E-state index in [2.05, 4.69) is 54.8 Å². The number of pyridine rings is 1. The summed E-state index contributed by atoms with van der Waals surface area (Å²) in [6, 6.07) is 14.8. The Bertz CT molecular complexity index is 694. The van der Waals surface area contributed by atoms with E-state index in [-0.39, 0.29) is 18.3 Å². The topological polar surface area (TPSA) is 24.2 Å². The van der Waals surface area contributed by atoms with Gasteiger partial charge in [-0.05, 0) is 43.7 Å². The number of aromatic nitrogens is 1. The normalized spacial score (nSPS) is 14.9. The van der Waals surface area contributed by atoms with Crippen LogP contribution in [0.4, 0.5) is 0 Å². The lowest BCUT2D eigenvalue weighted by Crippen LogP contribution is -3.00. The number of carbonyl (C=O) groups is 1. The van der Waals surface area contributed by atoms with Gasteiger partial charge in [-0.1, -0.05) is 30.3 Å². The van der Waals surface area contributed by atoms with Crippen molar-refractivity contribution >= 4 is 5.91 Å². The van der Waals surface area contributed by atoms with Crippen LogP contribution in [0.15, 0.2) is 48.7 Å². The molecule has 2 heterocycles. The summed E-state index contributed by atoms with van der Waals surface area (Å²) in [5.41, 5.74) is 3.81. The predicted octanol–water partition coefficient (Wildman–Crippen LogP) is 0.0762. The van der Waals surface area contributed by atoms with Gasteiger partial charge in [0, 0.05) is 31.6 Å². The highest BCUT2D eigenvalue weighted by Crippen LogP contribution is 2.21. The quantitative estimate of drug-likeness (QED) is 0.710. The second-order valence-electron chi connectivity index (χ2n) is 6.92. The molecule has 0 radical (unpaired) electrons. The van der Waals surface area contributed by atoms with E-state index < -0.39 is 0 Å². The Morgan fingerprint density at radius 1 is 1.08 bits per heavy atom. The van der Waals surface area contributed by atoms with E-state index in [9.17, 15) is 4.79 Å². The van der Waals surface area contributed by atoms with Crippen LogP contribution in [0.5, 0.6) is 0 Å². The first kappa shape index (κ1) is 19.5. The van der Waals surface area contributed by atoms with Gasteiger partial charge < -0.3 is 17.3 Å². The van der Waals surface area contributed by atoms with Gasteiger partial charge in [0.2, 0.25) is 6.54 Å². The molecule has 3 nitrogen and oxygen atoms in total. The number of hydrogen-bond acceptors (Lipinski definition) is 1. The molecular formula is C21H27ClN2O. The molecule has 25 heavy (non-hydrogen) atoms. The van der Waals surface area contributed by atoms with Crippen molar-refractivity contribution in [3.8, 4) is 0 Å². The fraction of sp³-hybridized carbons (Fsp3) is 0.429. The van der Waals surface area contributed by atoms with Crippen LogP contribution in [-0.2, 0) is 17.8 Å². The molecule has 0 aliphatic carbocycles. The van der Waals surface area contributed by atoms with Crippen LogP contribution in [0.25, 0.3) is 0 Å². The van der Waals surface area contributed by atoms with Gasteiger partial charge in [0.25, 0.3) is 5.91 Å². The molecule has 2 aromatic rings. The first-order valence-corrected chi connectivity index (χ1v) is 8.91. The number of halogens is 1. The Balaban J connectivity index is 0.00000225. The Kier molecular flexibility index (Phi) is 7.01. The van der Waals surface area contributed by atoms with Crippen LogP contribution in [0.3, 0.4) is 0 Å². The van der Waals surface area contributed by atoms with Crippen molar-refractivity contribution in [2.75, 3.05) is 13.1 Å². The lowest BCUT2D eigenvalue weighted by molar-refractivity contribution is -0.691. The Labute approximate surface area is 157 Å². The maximum atomic E-state index is 12.6. The number of carbonyl (C=O) groups excluding carboxylic acids is 1. The van der Waals surface area contributed by atoms with Crippen molar-refractivity contribution in [3.05, 3.63) is 65.5 Å². The first-order valence-electron chi connectivity index (χ1n) is 8.91. The van der Waals surface area contributed by atoms with Crippen molar-refractivity contribution in [1.82, 2.24) is 4.90 Å². The molecule has 4 heteroatoms. The second-order valence-corrected chi connectivity index (χ2v) is 6.92. The lowest BCUT2D eigenvalue weighted by Gasteiger charge is -2.31. The number of rotatable bonds is 4. The molecule has 1 aliphatic heterocycles. The summed E-state index contributed by atoms with van der Waals surface area (Å²) < 4.78 is 2.06. The molecule has 1 amide bonds. The fourth-order valence-corrected chi connectivity index (χ4v) is 3.50. The average molecular weight is 359 g/mol. The number of aryl methyl sites for hydroxylation is 1. The maximum Gasteiger partial charge on any atom is 0.288 e. The molecule has 0 N–H and O–H groups in total. The van der Waals surface area contributed by atoms with Crippen molar-refractivity contribution in [2.45, 2.75) is 39.7 Å². The molecule has 1 aromatic carbocycles. The molecule has 1 aliphatic rings. The number of amides is 1. The van der Waals surface area contributed by atoms with E-state index in [0.717, 1.165) is 32.4 Å². The highest BCUT2D eigenvalue weighted by molar-refractivity contribution is 5.74. The third-order valence-electron chi connectivity index (χ3n) is 5.25. The maximum absolute atomic E-state index is 12.6.